The molecule has 0 aliphatic heterocycles. The molecular weight excluding hydrogens is 464 g/mol. The zero-order valence-corrected chi connectivity index (χ0v) is 21.1. The van der Waals surface area contributed by atoms with E-state index in [1.807, 2.05) is 97.9 Å². The van der Waals surface area contributed by atoms with E-state index in [0.717, 1.165) is 59.6 Å². The predicted octanol–water partition coefficient (Wildman–Crippen LogP) is 6.03. The number of nitrogens with zero attached hydrogens (tertiary/aromatic N) is 3. The van der Waals surface area contributed by atoms with Gasteiger partial charge in [0.1, 0.15) is 17.3 Å². The lowest BCUT2D eigenvalue weighted by atomic mass is 9.91. The number of nitrogens with one attached hydrogen (secondary N) is 3. The van der Waals surface area contributed by atoms with Gasteiger partial charge in [-0.3, -0.25) is 0 Å². The Morgan fingerprint density at radius 3 is 2.19 bits per heavy atom. The van der Waals surface area contributed by atoms with E-state index in [1.165, 1.54) is 0 Å². The molecule has 0 bridgehead atoms. The van der Waals surface area contributed by atoms with Crippen molar-refractivity contribution in [3.8, 4) is 11.5 Å². The summed E-state index contributed by atoms with van der Waals surface area (Å²) in [6.45, 7) is 0. The van der Waals surface area contributed by atoms with Crippen LogP contribution in [-0.2, 0) is 0 Å². The molecule has 1 aromatic heterocycles. The van der Waals surface area contributed by atoms with Crippen LogP contribution in [0, 0.1) is 0 Å². The van der Waals surface area contributed by atoms with Gasteiger partial charge < -0.3 is 25.6 Å². The Morgan fingerprint density at radius 1 is 0.811 bits per heavy atom. The molecule has 0 saturated heterocycles. The summed E-state index contributed by atoms with van der Waals surface area (Å²) in [5, 5.41) is 10.6. The quantitative estimate of drug-likeness (QED) is 0.289. The Morgan fingerprint density at radius 2 is 1.46 bits per heavy atom. The number of rotatable bonds is 7. The number of hydrogen-bond acceptors (Lipinski definition) is 6. The highest BCUT2D eigenvalue weighted by molar-refractivity contribution is 5.90. The molecule has 8 heteroatoms. The molecule has 1 heterocycles. The number of amides is 2. The molecule has 0 atom stereocenters. The fraction of sp³-hybridized carbons (Fsp3) is 0.276. The molecule has 3 aromatic carbocycles. The molecule has 1 aliphatic rings. The Labute approximate surface area is 217 Å². The Hall–Kier alpha value is -4.33. The minimum absolute atomic E-state index is 0.133. The van der Waals surface area contributed by atoms with E-state index < -0.39 is 0 Å². The normalized spacial score (nSPS) is 17.1. The van der Waals surface area contributed by atoms with Crippen LogP contribution in [0.3, 0.4) is 0 Å². The van der Waals surface area contributed by atoms with Gasteiger partial charge >= 0.3 is 6.03 Å². The molecule has 2 amide bonds. The van der Waals surface area contributed by atoms with Gasteiger partial charge in [-0.15, -0.1) is 0 Å². The van der Waals surface area contributed by atoms with Gasteiger partial charge in [-0.25, -0.2) is 9.78 Å². The molecule has 8 nitrogen and oxygen atoms in total. The molecular formula is C29H32N6O2. The van der Waals surface area contributed by atoms with Crippen LogP contribution in [0.15, 0.2) is 78.9 Å². The van der Waals surface area contributed by atoms with E-state index in [9.17, 15) is 4.79 Å². The molecule has 1 fully saturated rings. The number of carbonyl (C=O) groups excluding carboxylic acids is 1. The third kappa shape index (κ3) is 6.27. The molecule has 0 radical (unpaired) electrons. The van der Waals surface area contributed by atoms with Crippen molar-refractivity contribution < 1.29 is 9.53 Å². The van der Waals surface area contributed by atoms with Crippen LogP contribution in [-0.4, -0.2) is 42.2 Å². The molecule has 190 valence electrons. The third-order valence-corrected chi connectivity index (χ3v) is 6.49. The van der Waals surface area contributed by atoms with Crippen LogP contribution in [0.4, 0.5) is 22.2 Å². The molecule has 5 rings (SSSR count). The van der Waals surface area contributed by atoms with Gasteiger partial charge in [-0.2, -0.15) is 4.98 Å². The molecule has 4 aromatic rings. The summed E-state index contributed by atoms with van der Waals surface area (Å²) < 4.78 is 5.81. The highest BCUT2D eigenvalue weighted by Gasteiger charge is 2.23. The second kappa shape index (κ2) is 11.2. The van der Waals surface area contributed by atoms with Crippen LogP contribution >= 0.6 is 0 Å². The second-order valence-electron chi connectivity index (χ2n) is 9.51. The lowest BCUT2D eigenvalue weighted by Gasteiger charge is -2.30. The number of fused-ring (bicyclic) bond motifs is 1. The first-order valence-electron chi connectivity index (χ1n) is 12.6. The first kappa shape index (κ1) is 24.4. The van der Waals surface area contributed by atoms with E-state index in [2.05, 4.69) is 16.0 Å². The number of ether oxygens (including phenoxy) is 1. The van der Waals surface area contributed by atoms with Crippen molar-refractivity contribution in [2.45, 2.75) is 37.8 Å². The van der Waals surface area contributed by atoms with E-state index in [1.54, 1.807) is 0 Å². The van der Waals surface area contributed by atoms with E-state index >= 15 is 0 Å². The maximum atomic E-state index is 12.6. The topological polar surface area (TPSA) is 91.4 Å². The molecule has 1 saturated carbocycles. The zero-order valence-electron chi connectivity index (χ0n) is 21.1. The lowest BCUT2D eigenvalue weighted by molar-refractivity contribution is 0.243. The van der Waals surface area contributed by atoms with E-state index in [4.69, 9.17) is 14.7 Å². The summed E-state index contributed by atoms with van der Waals surface area (Å²) in [7, 11) is 3.99. The van der Waals surface area contributed by atoms with Crippen LogP contribution in [0.25, 0.3) is 10.9 Å². The van der Waals surface area contributed by atoms with Crippen molar-refractivity contribution in [3.05, 3.63) is 78.9 Å². The number of carbonyl (C=O) groups is 1. The smallest absolute Gasteiger partial charge is 0.319 e. The van der Waals surface area contributed by atoms with Gasteiger partial charge in [0, 0.05) is 37.3 Å². The van der Waals surface area contributed by atoms with Gasteiger partial charge in [-0.05, 0) is 74.2 Å². The van der Waals surface area contributed by atoms with Gasteiger partial charge in [-0.1, -0.05) is 30.3 Å². The molecule has 37 heavy (non-hydrogen) atoms. The van der Waals surface area contributed by atoms with Crippen molar-refractivity contribution >= 4 is 34.4 Å². The number of hydrogen-bond donors (Lipinski definition) is 3. The van der Waals surface area contributed by atoms with Crippen molar-refractivity contribution in [2.75, 3.05) is 29.6 Å². The number of anilines is 3. The monoisotopic (exact) mass is 496 g/mol. The van der Waals surface area contributed by atoms with E-state index in [0.29, 0.717) is 5.95 Å². The Balaban J connectivity index is 1.10. The number of benzene rings is 3. The maximum Gasteiger partial charge on any atom is 0.319 e. The molecule has 3 N–H and O–H groups in total. The zero-order chi connectivity index (χ0) is 25.6. The molecule has 0 spiro atoms. The first-order valence-corrected chi connectivity index (χ1v) is 12.6. The Kier molecular flexibility index (Phi) is 7.35. The molecule has 1 aliphatic carbocycles. The fourth-order valence-electron chi connectivity index (χ4n) is 4.61. The Bertz CT molecular complexity index is 1340. The first-order chi connectivity index (χ1) is 18.0. The van der Waals surface area contributed by atoms with Gasteiger partial charge in [0.15, 0.2) is 0 Å². The second-order valence-corrected chi connectivity index (χ2v) is 9.51. The van der Waals surface area contributed by atoms with Crippen LogP contribution in [0.2, 0.25) is 0 Å². The van der Waals surface area contributed by atoms with Crippen molar-refractivity contribution in [1.29, 1.82) is 0 Å². The minimum Gasteiger partial charge on any atom is -0.457 e. The highest BCUT2D eigenvalue weighted by atomic mass is 16.5. The largest absolute Gasteiger partial charge is 0.457 e. The average molecular weight is 497 g/mol. The number of para-hydroxylation sites is 2. The highest BCUT2D eigenvalue weighted by Crippen LogP contribution is 2.27. The summed E-state index contributed by atoms with van der Waals surface area (Å²) in [6.07, 6.45) is 3.65. The van der Waals surface area contributed by atoms with Crippen LogP contribution in [0.1, 0.15) is 25.7 Å². The van der Waals surface area contributed by atoms with Crippen molar-refractivity contribution in [2.24, 2.45) is 0 Å². The van der Waals surface area contributed by atoms with Gasteiger partial charge in [0.2, 0.25) is 5.95 Å². The van der Waals surface area contributed by atoms with Gasteiger partial charge in [0.05, 0.1) is 5.52 Å². The van der Waals surface area contributed by atoms with Gasteiger partial charge in [0.25, 0.3) is 0 Å². The fourth-order valence-corrected chi connectivity index (χ4v) is 4.61. The lowest BCUT2D eigenvalue weighted by Crippen LogP contribution is -2.42. The summed E-state index contributed by atoms with van der Waals surface area (Å²) in [5.41, 5.74) is 1.65. The standard InChI is InChI=1S/C29H32N6O2/c1-35(2)27-25-10-6-7-11-26(25)33-28(34-27)30-20-12-14-21(15-13-20)31-29(36)32-22-16-18-24(19-17-22)37-23-8-4-3-5-9-23/h3-11,16-21H,12-15H2,1-2H3,(H,30,33,34)(H2,31,32,36). The number of urea groups is 1. The van der Waals surface area contributed by atoms with Crippen LogP contribution < -0.4 is 25.6 Å². The predicted molar refractivity (Wildman–Crippen MR) is 149 cm³/mol. The van der Waals surface area contributed by atoms with E-state index in [-0.39, 0.29) is 18.1 Å². The summed E-state index contributed by atoms with van der Waals surface area (Å²) in [4.78, 5) is 24.0. The van der Waals surface area contributed by atoms with Crippen molar-refractivity contribution in [1.82, 2.24) is 15.3 Å². The number of aromatic nitrogens is 2. The summed E-state index contributed by atoms with van der Waals surface area (Å²) in [5.74, 6) is 3.04. The van der Waals surface area contributed by atoms with Crippen molar-refractivity contribution in [3.63, 3.8) is 0 Å². The summed E-state index contributed by atoms with van der Waals surface area (Å²) in [6, 6.07) is 25.2. The SMILES string of the molecule is CN(C)c1nc(NC2CCC(NC(=O)Nc3ccc(Oc4ccccc4)cc3)CC2)nc2ccccc12. The maximum absolute atomic E-state index is 12.6. The molecule has 0 unspecified atom stereocenters. The average Bonchev–Trinajstić information content (AvgIpc) is 2.91. The van der Waals surface area contributed by atoms with Crippen LogP contribution in [0.5, 0.6) is 11.5 Å². The summed E-state index contributed by atoms with van der Waals surface area (Å²) >= 11 is 0. The third-order valence-electron chi connectivity index (χ3n) is 6.49. The minimum atomic E-state index is -0.193.